The van der Waals surface area contributed by atoms with Gasteiger partial charge in [0.25, 0.3) is 0 Å². The van der Waals surface area contributed by atoms with Gasteiger partial charge in [-0.3, -0.25) is 4.57 Å². The van der Waals surface area contributed by atoms with Gasteiger partial charge in [0.05, 0.1) is 29.1 Å². The monoisotopic (exact) mass is 608 g/mol. The number of nitrogens with zero attached hydrogens (tertiary/aromatic N) is 4. The number of para-hydroxylation sites is 1. The van der Waals surface area contributed by atoms with E-state index in [1.165, 1.54) is 44.4 Å². The summed E-state index contributed by atoms with van der Waals surface area (Å²) in [5, 5.41) is 2.38. The standard InChI is InChI=1S/C41H44N4O/c1-26-18-37-38(19-27(26)2)44(25-43(37)9)30-20-29(41(6,7)8)21-32(23-30)46-31-14-15-34-33-12-10-11-13-35(33)45(36(34)24-31)39-22-28(16-17-42-39)40(3,4)5/h10-24H,25H2,1-9H3. The maximum atomic E-state index is 6.77. The summed E-state index contributed by atoms with van der Waals surface area (Å²) >= 11 is 0. The Labute approximate surface area is 273 Å². The summed E-state index contributed by atoms with van der Waals surface area (Å²) in [5.41, 5.74) is 10.9. The molecule has 7 rings (SSSR count). The molecule has 5 heteroatoms. The molecule has 1 aliphatic heterocycles. The fourth-order valence-corrected chi connectivity index (χ4v) is 6.53. The first-order chi connectivity index (χ1) is 21.8. The SMILES string of the molecule is Cc1cc2c(cc1C)N(c1cc(Oc3ccc4c5ccccc5n(-c5cc(C(C)(C)C)ccn5)c4c3)cc(C(C)(C)C)c1)CN2C. The molecule has 1 aliphatic rings. The van der Waals surface area contributed by atoms with Gasteiger partial charge in [0, 0.05) is 41.8 Å². The number of rotatable bonds is 4. The van der Waals surface area contributed by atoms with Crippen molar-refractivity contribution in [1.29, 1.82) is 0 Å². The highest BCUT2D eigenvalue weighted by Crippen LogP contribution is 2.44. The Balaban J connectivity index is 1.35. The number of anilines is 3. The Morgan fingerprint density at radius 1 is 0.652 bits per heavy atom. The quantitative estimate of drug-likeness (QED) is 0.199. The summed E-state index contributed by atoms with van der Waals surface area (Å²) in [6.07, 6.45) is 1.92. The van der Waals surface area contributed by atoms with Crippen LogP contribution in [0, 0.1) is 13.8 Å². The summed E-state index contributed by atoms with van der Waals surface area (Å²) in [5.74, 6) is 2.54. The lowest BCUT2D eigenvalue weighted by atomic mass is 9.86. The Kier molecular flexibility index (Phi) is 6.93. The Hall–Kier alpha value is -4.77. The van der Waals surface area contributed by atoms with Crippen LogP contribution in [0.2, 0.25) is 0 Å². The van der Waals surface area contributed by atoms with Crippen LogP contribution in [-0.2, 0) is 10.8 Å². The zero-order valence-corrected chi connectivity index (χ0v) is 28.6. The van der Waals surface area contributed by atoms with Crippen LogP contribution in [0.5, 0.6) is 11.5 Å². The Morgan fingerprint density at radius 2 is 1.35 bits per heavy atom. The van der Waals surface area contributed by atoms with Crippen molar-refractivity contribution in [2.45, 2.75) is 66.2 Å². The summed E-state index contributed by atoms with van der Waals surface area (Å²) < 4.78 is 9.04. The van der Waals surface area contributed by atoms with E-state index in [-0.39, 0.29) is 10.8 Å². The molecule has 234 valence electrons. The second-order valence-corrected chi connectivity index (χ2v) is 14.9. The maximum absolute atomic E-state index is 6.77. The van der Waals surface area contributed by atoms with Gasteiger partial charge in [-0.2, -0.15) is 0 Å². The van der Waals surface area contributed by atoms with E-state index in [0.29, 0.717) is 0 Å². The fraction of sp³-hybridized carbons (Fsp3) is 0.293. The number of fused-ring (bicyclic) bond motifs is 4. The van der Waals surface area contributed by atoms with Crippen LogP contribution in [-0.4, -0.2) is 23.3 Å². The van der Waals surface area contributed by atoms with Crippen LogP contribution in [0.15, 0.2) is 91.1 Å². The Bertz CT molecular complexity index is 2130. The predicted octanol–water partition coefficient (Wildman–Crippen LogP) is 10.7. The van der Waals surface area contributed by atoms with Gasteiger partial charge in [0.15, 0.2) is 0 Å². The highest BCUT2D eigenvalue weighted by molar-refractivity contribution is 6.09. The molecule has 5 nitrogen and oxygen atoms in total. The number of benzene rings is 4. The first-order valence-electron chi connectivity index (χ1n) is 16.2. The predicted molar refractivity (Wildman–Crippen MR) is 194 cm³/mol. The van der Waals surface area contributed by atoms with Crippen molar-refractivity contribution in [3.8, 4) is 17.3 Å². The first kappa shape index (κ1) is 29.9. The van der Waals surface area contributed by atoms with Gasteiger partial charge in [-0.05, 0) is 102 Å². The molecule has 0 fully saturated rings. The van der Waals surface area contributed by atoms with E-state index in [9.17, 15) is 0 Å². The fourth-order valence-electron chi connectivity index (χ4n) is 6.53. The van der Waals surface area contributed by atoms with Crippen molar-refractivity contribution in [3.63, 3.8) is 0 Å². The number of hydrogen-bond donors (Lipinski definition) is 0. The van der Waals surface area contributed by atoms with Gasteiger partial charge < -0.3 is 14.5 Å². The topological polar surface area (TPSA) is 33.5 Å². The summed E-state index contributed by atoms with van der Waals surface area (Å²) in [6.45, 7) is 18.7. The highest BCUT2D eigenvalue weighted by Gasteiger charge is 2.27. The van der Waals surface area contributed by atoms with Gasteiger partial charge in [-0.1, -0.05) is 59.7 Å². The van der Waals surface area contributed by atoms with Crippen molar-refractivity contribution >= 4 is 38.9 Å². The van der Waals surface area contributed by atoms with E-state index in [4.69, 9.17) is 9.72 Å². The van der Waals surface area contributed by atoms with E-state index in [1.807, 2.05) is 6.20 Å². The molecule has 3 heterocycles. The molecule has 0 spiro atoms. The molecule has 46 heavy (non-hydrogen) atoms. The second kappa shape index (κ2) is 10.7. The minimum absolute atomic E-state index is 0.0166. The van der Waals surface area contributed by atoms with Crippen molar-refractivity contribution in [2.24, 2.45) is 0 Å². The molecule has 0 aliphatic carbocycles. The van der Waals surface area contributed by atoms with Crippen molar-refractivity contribution in [1.82, 2.24) is 9.55 Å². The molecule has 0 unspecified atom stereocenters. The van der Waals surface area contributed by atoms with E-state index < -0.39 is 0 Å². The van der Waals surface area contributed by atoms with Crippen LogP contribution in [0.4, 0.5) is 17.1 Å². The van der Waals surface area contributed by atoms with E-state index in [0.717, 1.165) is 40.7 Å². The third kappa shape index (κ3) is 5.18. The van der Waals surface area contributed by atoms with Crippen LogP contribution >= 0.6 is 0 Å². The summed E-state index contributed by atoms with van der Waals surface area (Å²) in [4.78, 5) is 9.57. The van der Waals surface area contributed by atoms with Crippen molar-refractivity contribution in [2.75, 3.05) is 23.5 Å². The average Bonchev–Trinajstić information content (AvgIpc) is 3.50. The third-order valence-electron chi connectivity index (χ3n) is 9.44. The van der Waals surface area contributed by atoms with Crippen LogP contribution in [0.25, 0.3) is 27.6 Å². The smallest absolute Gasteiger partial charge is 0.137 e. The Morgan fingerprint density at radius 3 is 2.09 bits per heavy atom. The number of ether oxygens (including phenoxy) is 1. The average molecular weight is 609 g/mol. The molecule has 0 N–H and O–H groups in total. The van der Waals surface area contributed by atoms with E-state index >= 15 is 0 Å². The number of pyridine rings is 1. The zero-order valence-electron chi connectivity index (χ0n) is 28.6. The second-order valence-electron chi connectivity index (χ2n) is 14.9. The molecule has 6 aromatic rings. The van der Waals surface area contributed by atoms with Gasteiger partial charge >= 0.3 is 0 Å². The highest BCUT2D eigenvalue weighted by atomic mass is 16.5. The number of hydrogen-bond acceptors (Lipinski definition) is 4. The van der Waals surface area contributed by atoms with Crippen molar-refractivity contribution in [3.05, 3.63) is 113 Å². The molecule has 2 aromatic heterocycles. The van der Waals surface area contributed by atoms with Crippen molar-refractivity contribution < 1.29 is 4.74 Å². The van der Waals surface area contributed by atoms with Crippen LogP contribution in [0.3, 0.4) is 0 Å². The van der Waals surface area contributed by atoms with Crippen LogP contribution in [0.1, 0.15) is 63.8 Å². The van der Waals surface area contributed by atoms with E-state index in [2.05, 4.69) is 162 Å². The lowest BCUT2D eigenvalue weighted by Crippen LogP contribution is -2.24. The molecule has 4 aromatic carbocycles. The lowest BCUT2D eigenvalue weighted by molar-refractivity contribution is 0.479. The summed E-state index contributed by atoms with van der Waals surface area (Å²) in [7, 11) is 2.17. The molecular formula is C41H44N4O. The minimum Gasteiger partial charge on any atom is -0.457 e. The molecule has 0 radical (unpaired) electrons. The van der Waals surface area contributed by atoms with Gasteiger partial charge in [-0.15, -0.1) is 0 Å². The number of aryl methyl sites for hydroxylation is 2. The minimum atomic E-state index is -0.0497. The number of aromatic nitrogens is 2. The molecule has 0 bridgehead atoms. The lowest BCUT2D eigenvalue weighted by Gasteiger charge is -2.26. The first-order valence-corrected chi connectivity index (χ1v) is 16.2. The van der Waals surface area contributed by atoms with Gasteiger partial charge in [-0.25, -0.2) is 4.98 Å². The normalized spacial score (nSPS) is 13.6. The third-order valence-corrected chi connectivity index (χ3v) is 9.44. The van der Waals surface area contributed by atoms with Gasteiger partial charge in [0.1, 0.15) is 17.3 Å². The molecular weight excluding hydrogens is 564 g/mol. The molecule has 0 amide bonds. The van der Waals surface area contributed by atoms with Gasteiger partial charge in [0.2, 0.25) is 0 Å². The molecule has 0 atom stereocenters. The summed E-state index contributed by atoms with van der Waals surface area (Å²) in [6, 6.07) is 30.6. The maximum Gasteiger partial charge on any atom is 0.137 e. The zero-order chi connectivity index (χ0) is 32.5. The largest absolute Gasteiger partial charge is 0.457 e. The molecule has 0 saturated heterocycles. The molecule has 0 saturated carbocycles. The van der Waals surface area contributed by atoms with E-state index in [1.54, 1.807) is 0 Å². The van der Waals surface area contributed by atoms with Crippen LogP contribution < -0.4 is 14.5 Å².